The van der Waals surface area contributed by atoms with E-state index in [1.807, 2.05) is 6.08 Å². The number of aromatic nitrogens is 1. The van der Waals surface area contributed by atoms with Crippen LogP contribution >= 0.6 is 0 Å². The summed E-state index contributed by atoms with van der Waals surface area (Å²) < 4.78 is 46.8. The minimum atomic E-state index is -4.42. The lowest BCUT2D eigenvalue weighted by Gasteiger charge is -2.49. The highest BCUT2D eigenvalue weighted by atomic mass is 19.4. The van der Waals surface area contributed by atoms with Crippen LogP contribution in [0.5, 0.6) is 5.88 Å². The lowest BCUT2D eigenvalue weighted by molar-refractivity contribution is -0.0944. The Morgan fingerprint density at radius 3 is 2.74 bits per heavy atom. The van der Waals surface area contributed by atoms with Crippen LogP contribution in [-0.2, 0) is 0 Å². The predicted octanol–water partition coefficient (Wildman–Crippen LogP) is 3.14. The molecule has 0 aromatic carbocycles. The normalized spacial score (nSPS) is 22.7. The number of halogens is 3. The van der Waals surface area contributed by atoms with Gasteiger partial charge in [0.05, 0.1) is 5.70 Å². The zero-order valence-electron chi connectivity index (χ0n) is 12.4. The van der Waals surface area contributed by atoms with E-state index in [2.05, 4.69) is 10.3 Å². The fourth-order valence-corrected chi connectivity index (χ4v) is 3.54. The summed E-state index contributed by atoms with van der Waals surface area (Å²) in [5, 5.41) is 3.23. The second kappa shape index (κ2) is 4.99. The third-order valence-electron chi connectivity index (χ3n) is 4.56. The number of hydrogen-bond acceptors (Lipinski definition) is 4. The average Bonchev–Trinajstić information content (AvgIpc) is 2.54. The number of nitrogens with zero attached hydrogens (tertiary/aromatic N) is 2. The summed E-state index contributed by atoms with van der Waals surface area (Å²) in [4.78, 5) is 5.46. The molecule has 122 valence electrons. The number of nitrogens with one attached hydrogen (secondary N) is 1. The number of rotatable bonds is 0. The van der Waals surface area contributed by atoms with Crippen LogP contribution in [0.1, 0.15) is 19.3 Å². The molecule has 1 saturated heterocycles. The highest BCUT2D eigenvalue weighted by Gasteiger charge is 2.51. The molecule has 7 heteroatoms. The fourth-order valence-electron chi connectivity index (χ4n) is 3.54. The summed E-state index contributed by atoms with van der Waals surface area (Å²) in [6.07, 6.45) is 1.69. The van der Waals surface area contributed by atoms with E-state index >= 15 is 0 Å². The van der Waals surface area contributed by atoms with Gasteiger partial charge < -0.3 is 15.0 Å². The Morgan fingerprint density at radius 1 is 1.22 bits per heavy atom. The maximum Gasteiger partial charge on any atom is 0.431 e. The van der Waals surface area contributed by atoms with Gasteiger partial charge in [-0.15, -0.1) is 0 Å². The lowest BCUT2D eigenvalue weighted by atomic mass is 9.84. The van der Waals surface area contributed by atoms with Crippen molar-refractivity contribution in [1.82, 2.24) is 10.3 Å². The van der Waals surface area contributed by atoms with Crippen LogP contribution in [0, 0.1) is 0 Å². The van der Waals surface area contributed by atoms with Gasteiger partial charge in [-0.05, 0) is 31.6 Å². The van der Waals surface area contributed by atoms with Crippen molar-refractivity contribution in [2.75, 3.05) is 18.0 Å². The average molecular weight is 323 g/mol. The summed E-state index contributed by atoms with van der Waals surface area (Å²) in [6, 6.07) is 3.25. The van der Waals surface area contributed by atoms with Crippen molar-refractivity contribution >= 4 is 5.69 Å². The molecule has 0 aliphatic carbocycles. The Labute approximate surface area is 131 Å². The van der Waals surface area contributed by atoms with Crippen LogP contribution in [0.4, 0.5) is 18.9 Å². The van der Waals surface area contributed by atoms with Crippen molar-refractivity contribution in [1.29, 1.82) is 0 Å². The van der Waals surface area contributed by atoms with Crippen molar-refractivity contribution in [3.05, 3.63) is 41.9 Å². The van der Waals surface area contributed by atoms with Crippen molar-refractivity contribution in [2.24, 2.45) is 0 Å². The number of alkyl halides is 3. The number of fused-ring (bicyclic) bond motifs is 4. The SMILES string of the molecule is FC(F)(F)C1=CCC=C2N1c1cccnc1OC21CCNCC1. The van der Waals surface area contributed by atoms with Crippen LogP contribution in [0.2, 0.25) is 0 Å². The van der Waals surface area contributed by atoms with Crippen LogP contribution in [0.25, 0.3) is 0 Å². The minimum Gasteiger partial charge on any atom is -0.463 e. The van der Waals surface area contributed by atoms with E-state index in [4.69, 9.17) is 4.74 Å². The maximum atomic E-state index is 13.6. The molecular weight excluding hydrogens is 307 g/mol. The van der Waals surface area contributed by atoms with E-state index in [1.165, 1.54) is 11.0 Å². The molecule has 0 radical (unpaired) electrons. The summed E-state index contributed by atoms with van der Waals surface area (Å²) in [5.74, 6) is 0.267. The van der Waals surface area contributed by atoms with E-state index in [-0.39, 0.29) is 12.3 Å². The summed E-state index contributed by atoms with van der Waals surface area (Å²) in [7, 11) is 0. The number of ether oxygens (including phenoxy) is 1. The monoisotopic (exact) mass is 323 g/mol. The first-order chi connectivity index (χ1) is 11.0. The molecule has 0 atom stereocenters. The molecule has 0 amide bonds. The van der Waals surface area contributed by atoms with Gasteiger partial charge >= 0.3 is 6.18 Å². The van der Waals surface area contributed by atoms with Crippen molar-refractivity contribution in [3.63, 3.8) is 0 Å². The molecule has 0 unspecified atom stereocenters. The highest BCUT2D eigenvalue weighted by molar-refractivity contribution is 5.69. The third-order valence-corrected chi connectivity index (χ3v) is 4.56. The first-order valence-electron chi connectivity index (χ1n) is 7.64. The Bertz CT molecular complexity index is 690. The summed E-state index contributed by atoms with van der Waals surface area (Å²) in [5.41, 5.74) is -0.442. The first kappa shape index (κ1) is 14.6. The van der Waals surface area contributed by atoms with Crippen LogP contribution in [0.3, 0.4) is 0 Å². The molecule has 4 nitrogen and oxygen atoms in total. The van der Waals surface area contributed by atoms with E-state index in [0.717, 1.165) is 0 Å². The summed E-state index contributed by atoms with van der Waals surface area (Å²) in [6.45, 7) is 1.41. The Kier molecular flexibility index (Phi) is 3.16. The smallest absolute Gasteiger partial charge is 0.431 e. The van der Waals surface area contributed by atoms with Gasteiger partial charge in [-0.25, -0.2) is 4.98 Å². The van der Waals surface area contributed by atoms with Crippen molar-refractivity contribution in [3.8, 4) is 5.88 Å². The number of pyridine rings is 1. The van der Waals surface area contributed by atoms with Crippen molar-refractivity contribution in [2.45, 2.75) is 31.0 Å². The minimum absolute atomic E-state index is 0.259. The second-order valence-electron chi connectivity index (χ2n) is 5.92. The largest absolute Gasteiger partial charge is 0.463 e. The molecule has 4 rings (SSSR count). The Hall–Kier alpha value is -2.02. The number of hydrogen-bond donors (Lipinski definition) is 1. The summed E-state index contributed by atoms with van der Waals surface area (Å²) >= 11 is 0. The molecule has 1 fully saturated rings. The maximum absolute atomic E-state index is 13.6. The van der Waals surface area contributed by atoms with Gasteiger partial charge in [0.2, 0.25) is 5.88 Å². The third kappa shape index (κ3) is 2.22. The van der Waals surface area contributed by atoms with Gasteiger partial charge in [0, 0.05) is 19.0 Å². The van der Waals surface area contributed by atoms with Crippen LogP contribution in [0.15, 0.2) is 41.9 Å². The quantitative estimate of drug-likeness (QED) is 0.796. The standard InChI is InChI=1S/C16H16F3N3O/c17-16(18,19)13-5-1-4-12-15(6-9-20-10-7-15)23-14-11(22(12)13)3-2-8-21-14/h2-5,8,20H,1,6-7,9-10H2. The Balaban J connectivity index is 1.89. The molecule has 1 spiro atoms. The predicted molar refractivity (Wildman–Crippen MR) is 79.0 cm³/mol. The first-order valence-corrected chi connectivity index (χ1v) is 7.64. The zero-order valence-corrected chi connectivity index (χ0v) is 12.4. The molecular formula is C16H16F3N3O. The van der Waals surface area contributed by atoms with E-state index in [0.29, 0.717) is 37.3 Å². The van der Waals surface area contributed by atoms with E-state index < -0.39 is 17.5 Å². The van der Waals surface area contributed by atoms with Crippen molar-refractivity contribution < 1.29 is 17.9 Å². The molecule has 1 N–H and O–H groups in total. The number of piperidine rings is 1. The van der Waals surface area contributed by atoms with E-state index in [9.17, 15) is 13.2 Å². The highest BCUT2D eigenvalue weighted by Crippen LogP contribution is 2.50. The fraction of sp³-hybridized carbons (Fsp3) is 0.438. The molecule has 4 heterocycles. The zero-order chi connectivity index (χ0) is 16.1. The number of anilines is 1. The molecule has 1 aromatic heterocycles. The van der Waals surface area contributed by atoms with Gasteiger partial charge in [-0.1, -0.05) is 12.2 Å². The van der Waals surface area contributed by atoms with Gasteiger partial charge in [-0.3, -0.25) is 0 Å². The molecule has 3 aliphatic rings. The molecule has 0 bridgehead atoms. The molecule has 23 heavy (non-hydrogen) atoms. The van der Waals surface area contributed by atoms with Crippen LogP contribution in [-0.4, -0.2) is 29.9 Å². The Morgan fingerprint density at radius 2 is 2.00 bits per heavy atom. The molecule has 0 saturated carbocycles. The topological polar surface area (TPSA) is 37.4 Å². The molecule has 3 aliphatic heterocycles. The second-order valence-corrected chi connectivity index (χ2v) is 5.92. The lowest BCUT2D eigenvalue weighted by Crippen LogP contribution is -2.55. The van der Waals surface area contributed by atoms with Gasteiger partial charge in [-0.2, -0.15) is 13.2 Å². The van der Waals surface area contributed by atoms with Gasteiger partial charge in [0.15, 0.2) is 5.60 Å². The number of allylic oxidation sites excluding steroid dienone is 3. The van der Waals surface area contributed by atoms with Gasteiger partial charge in [0.1, 0.15) is 11.4 Å². The van der Waals surface area contributed by atoms with Crippen LogP contribution < -0.4 is 15.0 Å². The van der Waals surface area contributed by atoms with Gasteiger partial charge in [0.25, 0.3) is 0 Å². The molecule has 1 aromatic rings. The van der Waals surface area contributed by atoms with E-state index in [1.54, 1.807) is 18.3 Å².